The first-order valence-corrected chi connectivity index (χ1v) is 6.15. The van der Waals surface area contributed by atoms with Crippen molar-refractivity contribution in [1.82, 2.24) is 15.8 Å². The van der Waals surface area contributed by atoms with Crippen LogP contribution in [0.4, 0.5) is 4.79 Å². The molecule has 0 spiro atoms. The zero-order valence-corrected chi connectivity index (χ0v) is 10.2. The number of nitrogens with zero attached hydrogens (tertiary/aromatic N) is 1. The standard InChI is InChI=1S/C11H21N3O3/c1-2-9(10(15)16)8-12-11(17)13-14-6-4-3-5-7-14/h9H,2-8H2,1H3,(H,15,16)(H2,12,13,17). The van der Waals surface area contributed by atoms with Gasteiger partial charge < -0.3 is 10.4 Å². The molecule has 1 atom stereocenters. The molecule has 1 aliphatic heterocycles. The zero-order chi connectivity index (χ0) is 12.7. The fourth-order valence-corrected chi connectivity index (χ4v) is 1.81. The van der Waals surface area contributed by atoms with Crippen LogP contribution in [-0.4, -0.2) is 41.8 Å². The number of hydrogen-bond donors (Lipinski definition) is 3. The molecular formula is C11H21N3O3. The van der Waals surface area contributed by atoms with E-state index in [4.69, 9.17) is 5.11 Å². The Morgan fingerprint density at radius 2 is 1.94 bits per heavy atom. The largest absolute Gasteiger partial charge is 0.481 e. The van der Waals surface area contributed by atoms with Crippen molar-refractivity contribution in [1.29, 1.82) is 0 Å². The summed E-state index contributed by atoms with van der Waals surface area (Å²) in [6, 6.07) is -0.313. The lowest BCUT2D eigenvalue weighted by Gasteiger charge is -2.27. The molecule has 1 saturated heterocycles. The number of aliphatic carboxylic acids is 1. The number of carbonyl (C=O) groups is 2. The lowest BCUT2D eigenvalue weighted by molar-refractivity contribution is -0.141. The quantitative estimate of drug-likeness (QED) is 0.667. The number of carbonyl (C=O) groups excluding carboxylic acids is 1. The molecule has 17 heavy (non-hydrogen) atoms. The van der Waals surface area contributed by atoms with Gasteiger partial charge in [0, 0.05) is 19.6 Å². The number of carboxylic acids is 1. The van der Waals surface area contributed by atoms with Crippen LogP contribution in [0.1, 0.15) is 32.6 Å². The second-order valence-corrected chi connectivity index (χ2v) is 4.31. The third kappa shape index (κ3) is 5.04. The van der Waals surface area contributed by atoms with E-state index >= 15 is 0 Å². The molecule has 1 rings (SSSR count). The lowest BCUT2D eigenvalue weighted by atomic mass is 10.1. The van der Waals surface area contributed by atoms with Crippen molar-refractivity contribution in [3.05, 3.63) is 0 Å². The number of carboxylic acid groups (broad SMARTS) is 1. The van der Waals surface area contributed by atoms with Gasteiger partial charge in [-0.05, 0) is 19.3 Å². The Morgan fingerprint density at radius 3 is 2.47 bits per heavy atom. The smallest absolute Gasteiger partial charge is 0.329 e. The third-order valence-electron chi connectivity index (χ3n) is 2.97. The van der Waals surface area contributed by atoms with Crippen LogP contribution in [0.5, 0.6) is 0 Å². The van der Waals surface area contributed by atoms with Crippen molar-refractivity contribution in [2.75, 3.05) is 19.6 Å². The molecule has 2 amide bonds. The van der Waals surface area contributed by atoms with Gasteiger partial charge in [-0.3, -0.25) is 10.2 Å². The maximum Gasteiger partial charge on any atom is 0.329 e. The predicted molar refractivity (Wildman–Crippen MR) is 63.4 cm³/mol. The fourth-order valence-electron chi connectivity index (χ4n) is 1.81. The number of hydrazine groups is 1. The van der Waals surface area contributed by atoms with E-state index in [2.05, 4.69) is 10.7 Å². The van der Waals surface area contributed by atoms with Crippen LogP contribution in [0.15, 0.2) is 0 Å². The zero-order valence-electron chi connectivity index (χ0n) is 10.2. The molecule has 98 valence electrons. The highest BCUT2D eigenvalue weighted by Crippen LogP contribution is 2.05. The van der Waals surface area contributed by atoms with E-state index in [-0.39, 0.29) is 12.6 Å². The second kappa shape index (κ2) is 7.11. The Balaban J connectivity index is 2.21. The summed E-state index contributed by atoms with van der Waals surface area (Å²) in [4.78, 5) is 22.2. The molecule has 1 fully saturated rings. The summed E-state index contributed by atoms with van der Waals surface area (Å²) in [7, 11) is 0. The van der Waals surface area contributed by atoms with Crippen LogP contribution in [0.25, 0.3) is 0 Å². The number of piperidine rings is 1. The summed E-state index contributed by atoms with van der Waals surface area (Å²) < 4.78 is 0. The van der Waals surface area contributed by atoms with Gasteiger partial charge >= 0.3 is 12.0 Å². The maximum atomic E-state index is 11.5. The Kier molecular flexibility index (Phi) is 5.76. The van der Waals surface area contributed by atoms with E-state index < -0.39 is 11.9 Å². The van der Waals surface area contributed by atoms with Gasteiger partial charge in [0.1, 0.15) is 0 Å². The molecule has 6 heteroatoms. The number of nitrogens with one attached hydrogen (secondary N) is 2. The van der Waals surface area contributed by atoms with Gasteiger partial charge in [-0.25, -0.2) is 9.80 Å². The maximum absolute atomic E-state index is 11.5. The number of rotatable bonds is 5. The number of hydrogen-bond acceptors (Lipinski definition) is 3. The van der Waals surface area contributed by atoms with Crippen LogP contribution in [-0.2, 0) is 4.79 Å². The first kappa shape index (κ1) is 13.8. The highest BCUT2D eigenvalue weighted by atomic mass is 16.4. The predicted octanol–water partition coefficient (Wildman–Crippen LogP) is 0.797. The van der Waals surface area contributed by atoms with Crippen molar-refractivity contribution in [3.8, 4) is 0 Å². The monoisotopic (exact) mass is 243 g/mol. The van der Waals surface area contributed by atoms with Crippen LogP contribution >= 0.6 is 0 Å². The van der Waals surface area contributed by atoms with Gasteiger partial charge in [-0.1, -0.05) is 13.3 Å². The van der Waals surface area contributed by atoms with Crippen LogP contribution < -0.4 is 10.7 Å². The molecule has 0 aromatic carbocycles. The van der Waals surface area contributed by atoms with E-state index in [1.807, 2.05) is 5.01 Å². The molecule has 0 aliphatic carbocycles. The molecule has 3 N–H and O–H groups in total. The molecule has 6 nitrogen and oxygen atoms in total. The van der Waals surface area contributed by atoms with Crippen molar-refractivity contribution < 1.29 is 14.7 Å². The first-order chi connectivity index (χ1) is 8.13. The number of urea groups is 1. The Hall–Kier alpha value is -1.30. The fraction of sp³-hybridized carbons (Fsp3) is 0.818. The summed E-state index contributed by atoms with van der Waals surface area (Å²) in [5.74, 6) is -1.38. The first-order valence-electron chi connectivity index (χ1n) is 6.15. The molecule has 0 aromatic rings. The van der Waals surface area contributed by atoms with Gasteiger partial charge in [0.2, 0.25) is 0 Å². The molecule has 0 bridgehead atoms. The van der Waals surface area contributed by atoms with Gasteiger partial charge in [0.05, 0.1) is 5.92 Å². The third-order valence-corrected chi connectivity index (χ3v) is 2.97. The normalized spacial score (nSPS) is 18.4. The highest BCUT2D eigenvalue weighted by Gasteiger charge is 2.17. The SMILES string of the molecule is CCC(CNC(=O)NN1CCCCC1)C(=O)O. The van der Waals surface area contributed by atoms with Gasteiger partial charge in [-0.2, -0.15) is 0 Å². The molecule has 1 heterocycles. The Morgan fingerprint density at radius 1 is 1.29 bits per heavy atom. The summed E-state index contributed by atoms with van der Waals surface area (Å²) in [5, 5.41) is 13.3. The van der Waals surface area contributed by atoms with Crippen molar-refractivity contribution in [2.45, 2.75) is 32.6 Å². The van der Waals surface area contributed by atoms with Crippen molar-refractivity contribution in [3.63, 3.8) is 0 Å². The minimum Gasteiger partial charge on any atom is -0.481 e. The summed E-state index contributed by atoms with van der Waals surface area (Å²) in [6.45, 7) is 3.70. The van der Waals surface area contributed by atoms with E-state index in [0.717, 1.165) is 25.9 Å². The minimum absolute atomic E-state index is 0.172. The molecule has 0 aromatic heterocycles. The molecule has 1 unspecified atom stereocenters. The van der Waals surface area contributed by atoms with E-state index in [1.165, 1.54) is 6.42 Å². The topological polar surface area (TPSA) is 81.7 Å². The second-order valence-electron chi connectivity index (χ2n) is 4.31. The molecule has 0 saturated carbocycles. The van der Waals surface area contributed by atoms with Crippen LogP contribution in [0.2, 0.25) is 0 Å². The van der Waals surface area contributed by atoms with E-state index in [0.29, 0.717) is 6.42 Å². The van der Waals surface area contributed by atoms with Crippen molar-refractivity contribution >= 4 is 12.0 Å². The average Bonchev–Trinajstić information content (AvgIpc) is 2.30. The van der Waals surface area contributed by atoms with Crippen LogP contribution in [0.3, 0.4) is 0 Å². The van der Waals surface area contributed by atoms with Crippen LogP contribution in [0, 0.1) is 5.92 Å². The molecule has 0 radical (unpaired) electrons. The Bertz CT molecular complexity index is 265. The molecule has 1 aliphatic rings. The Labute approximate surface area is 101 Å². The summed E-state index contributed by atoms with van der Waals surface area (Å²) in [6.07, 6.45) is 3.90. The summed E-state index contributed by atoms with van der Waals surface area (Å²) in [5.41, 5.74) is 2.73. The molecular weight excluding hydrogens is 222 g/mol. The summed E-state index contributed by atoms with van der Waals surface area (Å²) >= 11 is 0. The minimum atomic E-state index is -0.870. The average molecular weight is 243 g/mol. The lowest BCUT2D eigenvalue weighted by Crippen LogP contribution is -2.50. The number of amides is 2. The highest BCUT2D eigenvalue weighted by molar-refractivity contribution is 5.75. The van der Waals surface area contributed by atoms with E-state index in [9.17, 15) is 9.59 Å². The van der Waals surface area contributed by atoms with Gasteiger partial charge in [0.15, 0.2) is 0 Å². The van der Waals surface area contributed by atoms with E-state index in [1.54, 1.807) is 6.92 Å². The van der Waals surface area contributed by atoms with Crippen molar-refractivity contribution in [2.24, 2.45) is 5.92 Å². The van der Waals surface area contributed by atoms with Gasteiger partial charge in [-0.15, -0.1) is 0 Å². The van der Waals surface area contributed by atoms with Gasteiger partial charge in [0.25, 0.3) is 0 Å².